The van der Waals surface area contributed by atoms with E-state index in [1.165, 1.54) is 32.5 Å². The van der Waals surface area contributed by atoms with E-state index < -0.39 is 0 Å². The Labute approximate surface area is 126 Å². The lowest BCUT2D eigenvalue weighted by Gasteiger charge is -2.45. The standard InChI is InChI=1S/C16H23ClN2O/c1-2-20-16-4-3-14(17)9-13(16)10-18-15-11-19-7-5-12(15)6-8-19/h3-4,9,12,15,18H,2,5-8,10-11H2,1H3. The Morgan fingerprint density at radius 1 is 1.35 bits per heavy atom. The number of benzene rings is 1. The summed E-state index contributed by atoms with van der Waals surface area (Å²) in [6, 6.07) is 6.50. The molecule has 1 atom stereocenters. The summed E-state index contributed by atoms with van der Waals surface area (Å²) in [5, 5.41) is 4.49. The van der Waals surface area contributed by atoms with Gasteiger partial charge in [0.25, 0.3) is 0 Å². The molecule has 0 aliphatic carbocycles. The fourth-order valence-corrected chi connectivity index (χ4v) is 3.61. The Balaban J connectivity index is 1.64. The minimum Gasteiger partial charge on any atom is -0.494 e. The van der Waals surface area contributed by atoms with Gasteiger partial charge in [0.1, 0.15) is 5.75 Å². The van der Waals surface area contributed by atoms with Gasteiger partial charge in [0.05, 0.1) is 6.61 Å². The maximum atomic E-state index is 6.11. The Morgan fingerprint density at radius 3 is 2.80 bits per heavy atom. The first-order valence-electron chi connectivity index (χ1n) is 7.63. The highest BCUT2D eigenvalue weighted by Gasteiger charge is 2.33. The molecule has 0 aromatic heterocycles. The van der Waals surface area contributed by atoms with E-state index in [1.54, 1.807) is 0 Å². The molecule has 4 heteroatoms. The van der Waals surface area contributed by atoms with Crippen LogP contribution in [0.25, 0.3) is 0 Å². The van der Waals surface area contributed by atoms with Crippen molar-refractivity contribution in [2.24, 2.45) is 5.92 Å². The van der Waals surface area contributed by atoms with E-state index in [1.807, 2.05) is 25.1 Å². The second kappa shape index (κ2) is 6.33. The van der Waals surface area contributed by atoms with E-state index in [0.29, 0.717) is 12.6 Å². The molecule has 3 saturated heterocycles. The molecule has 3 fully saturated rings. The van der Waals surface area contributed by atoms with Gasteiger partial charge in [-0.2, -0.15) is 0 Å². The minimum atomic E-state index is 0.617. The summed E-state index contributed by atoms with van der Waals surface area (Å²) < 4.78 is 5.68. The molecule has 3 aliphatic rings. The Morgan fingerprint density at radius 2 is 2.15 bits per heavy atom. The molecule has 4 rings (SSSR count). The van der Waals surface area contributed by atoms with Crippen molar-refractivity contribution in [1.82, 2.24) is 10.2 Å². The Kier molecular flexibility index (Phi) is 4.49. The summed E-state index contributed by atoms with van der Waals surface area (Å²) in [6.07, 6.45) is 2.68. The van der Waals surface area contributed by atoms with E-state index in [-0.39, 0.29) is 0 Å². The molecule has 110 valence electrons. The minimum absolute atomic E-state index is 0.617. The summed E-state index contributed by atoms with van der Waals surface area (Å²) in [6.45, 7) is 7.29. The summed E-state index contributed by atoms with van der Waals surface area (Å²) >= 11 is 6.11. The van der Waals surface area contributed by atoms with Crippen LogP contribution in [0.2, 0.25) is 5.02 Å². The van der Waals surface area contributed by atoms with Crippen molar-refractivity contribution < 1.29 is 4.74 Å². The maximum Gasteiger partial charge on any atom is 0.123 e. The number of rotatable bonds is 5. The highest BCUT2D eigenvalue weighted by Crippen LogP contribution is 2.28. The van der Waals surface area contributed by atoms with Crippen LogP contribution in [-0.4, -0.2) is 37.2 Å². The van der Waals surface area contributed by atoms with Gasteiger partial charge in [-0.25, -0.2) is 0 Å². The van der Waals surface area contributed by atoms with Gasteiger partial charge in [-0.1, -0.05) is 11.6 Å². The number of nitrogens with one attached hydrogen (secondary N) is 1. The number of hydrogen-bond acceptors (Lipinski definition) is 3. The summed E-state index contributed by atoms with van der Waals surface area (Å²) in [5.74, 6) is 1.79. The lowest BCUT2D eigenvalue weighted by Crippen LogP contribution is -2.55. The Hall–Kier alpha value is -0.770. The van der Waals surface area contributed by atoms with Crippen LogP contribution in [0.1, 0.15) is 25.3 Å². The van der Waals surface area contributed by atoms with E-state index in [9.17, 15) is 0 Å². The maximum absolute atomic E-state index is 6.11. The third-order valence-electron chi connectivity index (χ3n) is 4.53. The lowest BCUT2D eigenvalue weighted by molar-refractivity contribution is 0.0719. The van der Waals surface area contributed by atoms with Crippen LogP contribution in [-0.2, 0) is 6.54 Å². The first-order chi connectivity index (χ1) is 9.76. The van der Waals surface area contributed by atoms with Gasteiger partial charge in [0.2, 0.25) is 0 Å². The zero-order valence-electron chi connectivity index (χ0n) is 12.1. The van der Waals surface area contributed by atoms with Crippen molar-refractivity contribution in [3.8, 4) is 5.75 Å². The summed E-state index contributed by atoms with van der Waals surface area (Å²) in [5.41, 5.74) is 1.16. The van der Waals surface area contributed by atoms with Crippen LogP contribution in [0.5, 0.6) is 5.75 Å². The first kappa shape index (κ1) is 14.2. The molecule has 0 radical (unpaired) electrons. The number of nitrogens with zero attached hydrogens (tertiary/aromatic N) is 1. The Bertz CT molecular complexity index is 458. The normalized spacial score (nSPS) is 28.6. The largest absolute Gasteiger partial charge is 0.494 e. The second-order valence-corrected chi connectivity index (χ2v) is 6.25. The average Bonchev–Trinajstić information content (AvgIpc) is 2.49. The van der Waals surface area contributed by atoms with Gasteiger partial charge >= 0.3 is 0 Å². The topological polar surface area (TPSA) is 24.5 Å². The van der Waals surface area contributed by atoms with Crippen molar-refractivity contribution >= 4 is 11.6 Å². The monoisotopic (exact) mass is 294 g/mol. The van der Waals surface area contributed by atoms with Crippen LogP contribution < -0.4 is 10.1 Å². The molecule has 1 N–H and O–H groups in total. The van der Waals surface area contributed by atoms with Gasteiger partial charge in [0.15, 0.2) is 0 Å². The SMILES string of the molecule is CCOc1ccc(Cl)cc1CNC1CN2CCC1CC2. The van der Waals surface area contributed by atoms with Crippen LogP contribution in [0.3, 0.4) is 0 Å². The van der Waals surface area contributed by atoms with E-state index in [4.69, 9.17) is 16.3 Å². The van der Waals surface area contributed by atoms with Crippen molar-refractivity contribution in [3.63, 3.8) is 0 Å². The van der Waals surface area contributed by atoms with Crippen molar-refractivity contribution in [3.05, 3.63) is 28.8 Å². The molecule has 1 aromatic carbocycles. The fraction of sp³-hybridized carbons (Fsp3) is 0.625. The molecule has 0 amide bonds. The third kappa shape index (κ3) is 3.11. The number of piperidine rings is 3. The zero-order chi connectivity index (χ0) is 13.9. The highest BCUT2D eigenvalue weighted by molar-refractivity contribution is 6.30. The number of halogens is 1. The predicted molar refractivity (Wildman–Crippen MR) is 82.4 cm³/mol. The smallest absolute Gasteiger partial charge is 0.123 e. The van der Waals surface area contributed by atoms with Crippen LogP contribution >= 0.6 is 11.6 Å². The molecule has 3 heterocycles. The molecule has 3 nitrogen and oxygen atoms in total. The van der Waals surface area contributed by atoms with Crippen molar-refractivity contribution in [2.75, 3.05) is 26.2 Å². The third-order valence-corrected chi connectivity index (χ3v) is 4.77. The van der Waals surface area contributed by atoms with Gasteiger partial charge < -0.3 is 15.0 Å². The van der Waals surface area contributed by atoms with Crippen LogP contribution in [0.4, 0.5) is 0 Å². The average molecular weight is 295 g/mol. The lowest BCUT2D eigenvalue weighted by atomic mass is 9.84. The van der Waals surface area contributed by atoms with Crippen molar-refractivity contribution in [2.45, 2.75) is 32.4 Å². The fourth-order valence-electron chi connectivity index (χ4n) is 3.42. The molecule has 20 heavy (non-hydrogen) atoms. The van der Waals surface area contributed by atoms with Crippen LogP contribution in [0.15, 0.2) is 18.2 Å². The van der Waals surface area contributed by atoms with Gasteiger partial charge in [-0.05, 0) is 57.0 Å². The quantitative estimate of drug-likeness (QED) is 0.904. The van der Waals surface area contributed by atoms with Gasteiger partial charge in [0, 0.05) is 29.7 Å². The van der Waals surface area contributed by atoms with E-state index >= 15 is 0 Å². The predicted octanol–water partition coefficient (Wildman–Crippen LogP) is 2.92. The molecular formula is C16H23ClN2O. The highest BCUT2D eigenvalue weighted by atomic mass is 35.5. The molecule has 3 aliphatic heterocycles. The van der Waals surface area contributed by atoms with Crippen LogP contribution in [0, 0.1) is 5.92 Å². The molecule has 1 unspecified atom stereocenters. The molecule has 0 saturated carbocycles. The number of hydrogen-bond donors (Lipinski definition) is 1. The van der Waals surface area contributed by atoms with E-state index in [0.717, 1.165) is 28.8 Å². The molecular weight excluding hydrogens is 272 g/mol. The number of fused-ring (bicyclic) bond motifs is 3. The van der Waals surface area contributed by atoms with Gasteiger partial charge in [-0.3, -0.25) is 0 Å². The second-order valence-electron chi connectivity index (χ2n) is 5.81. The van der Waals surface area contributed by atoms with E-state index in [2.05, 4.69) is 10.2 Å². The molecule has 1 aromatic rings. The summed E-state index contributed by atoms with van der Waals surface area (Å²) in [4.78, 5) is 2.57. The van der Waals surface area contributed by atoms with Gasteiger partial charge in [-0.15, -0.1) is 0 Å². The van der Waals surface area contributed by atoms with Crippen molar-refractivity contribution in [1.29, 1.82) is 0 Å². The molecule has 2 bridgehead atoms. The molecule has 0 spiro atoms. The zero-order valence-corrected chi connectivity index (χ0v) is 12.8. The summed E-state index contributed by atoms with van der Waals surface area (Å²) in [7, 11) is 0. The number of ether oxygens (including phenoxy) is 1. The first-order valence-corrected chi connectivity index (χ1v) is 8.01.